The Morgan fingerprint density at radius 2 is 0.694 bits per heavy atom. The smallest absolute Gasteiger partial charge is 0.164 e. The highest BCUT2D eigenvalue weighted by Gasteiger charge is 2.37. The van der Waals surface area contributed by atoms with Crippen molar-refractivity contribution < 1.29 is 4.74 Å². The Morgan fingerprint density at radius 3 is 1.16 bits per heavy atom. The zero-order valence-corrected chi connectivity index (χ0v) is 35.2. The van der Waals surface area contributed by atoms with Crippen LogP contribution in [0.4, 0.5) is 17.1 Å². The van der Waals surface area contributed by atoms with Gasteiger partial charge in [-0.15, -0.1) is 0 Å². The van der Waals surface area contributed by atoms with Crippen molar-refractivity contribution in [1.82, 2.24) is 15.0 Å². The highest BCUT2D eigenvalue weighted by atomic mass is 16.5. The maximum atomic E-state index is 6.82. The highest BCUT2D eigenvalue weighted by Crippen LogP contribution is 2.53. The molecule has 0 aliphatic carbocycles. The van der Waals surface area contributed by atoms with Gasteiger partial charge in [0.05, 0.1) is 11.4 Å². The summed E-state index contributed by atoms with van der Waals surface area (Å²) in [6.07, 6.45) is 0. The monoisotopic (exact) mass is 800 g/mol. The van der Waals surface area contributed by atoms with Gasteiger partial charge >= 0.3 is 0 Å². The Hall–Kier alpha value is -7.63. The van der Waals surface area contributed by atoms with Gasteiger partial charge in [0.1, 0.15) is 11.5 Å². The van der Waals surface area contributed by atoms with Gasteiger partial charge in [0.25, 0.3) is 0 Å². The van der Waals surface area contributed by atoms with Crippen LogP contribution in [0.2, 0.25) is 0 Å². The predicted molar refractivity (Wildman–Crippen MR) is 252 cm³/mol. The van der Waals surface area contributed by atoms with Crippen LogP contribution in [0.1, 0.15) is 49.9 Å². The summed E-state index contributed by atoms with van der Waals surface area (Å²) in [4.78, 5) is 17.1. The van der Waals surface area contributed by atoms with Crippen LogP contribution in [-0.4, -0.2) is 15.0 Å². The van der Waals surface area contributed by atoms with Crippen molar-refractivity contribution in [2.45, 2.75) is 38.5 Å². The number of para-hydroxylation sites is 2. The molecule has 11 rings (SSSR count). The zero-order valence-electron chi connectivity index (χ0n) is 35.2. The van der Waals surface area contributed by atoms with E-state index < -0.39 is 0 Å². The Bertz CT molecular complexity index is 3030. The summed E-state index contributed by atoms with van der Waals surface area (Å²) in [5, 5.41) is 0. The molecule has 5 nitrogen and oxygen atoms in total. The van der Waals surface area contributed by atoms with Crippen molar-refractivity contribution >= 4 is 17.1 Å². The third-order valence-electron chi connectivity index (χ3n) is 12.8. The molecule has 2 aliphatic heterocycles. The number of rotatable bonds is 6. The van der Waals surface area contributed by atoms with E-state index in [9.17, 15) is 0 Å². The first kappa shape index (κ1) is 37.4. The van der Waals surface area contributed by atoms with Crippen molar-refractivity contribution in [2.75, 3.05) is 4.90 Å². The molecule has 0 fully saturated rings. The normalized spacial score (nSPS) is 14.2. The molecule has 0 saturated carbocycles. The number of nitrogens with zero attached hydrogens (tertiary/aromatic N) is 4. The van der Waals surface area contributed by atoms with Gasteiger partial charge in [0, 0.05) is 44.3 Å². The first-order chi connectivity index (χ1) is 30.2. The van der Waals surface area contributed by atoms with Gasteiger partial charge in [-0.05, 0) is 69.8 Å². The third-order valence-corrected chi connectivity index (χ3v) is 12.8. The molecule has 9 aromatic rings. The number of fused-ring (bicyclic) bond motifs is 4. The largest absolute Gasteiger partial charge is 0.457 e. The lowest BCUT2D eigenvalue weighted by molar-refractivity contribution is 0.418. The van der Waals surface area contributed by atoms with Crippen molar-refractivity contribution in [1.29, 1.82) is 0 Å². The number of hydrogen-bond acceptors (Lipinski definition) is 5. The Morgan fingerprint density at radius 1 is 0.339 bits per heavy atom. The summed E-state index contributed by atoms with van der Waals surface area (Å²) >= 11 is 0. The SMILES string of the molecule is CC1(C)c2ccc(-c3ccc(-c4nc(-c5ccccc5)nc(-c5ccccc5)n4)cc3)cc2Oc2cc(-c3ccc(N4c5ccccc5C(C)(C)c5ccccc54)cc3)ccc21. The van der Waals surface area contributed by atoms with E-state index >= 15 is 0 Å². The molecule has 298 valence electrons. The minimum atomic E-state index is -0.248. The maximum Gasteiger partial charge on any atom is 0.164 e. The molecule has 62 heavy (non-hydrogen) atoms. The van der Waals surface area contributed by atoms with Crippen LogP contribution in [0.3, 0.4) is 0 Å². The molecule has 0 radical (unpaired) electrons. The summed E-state index contributed by atoms with van der Waals surface area (Å²) in [6, 6.07) is 68.4. The van der Waals surface area contributed by atoms with Gasteiger partial charge in [0.15, 0.2) is 17.5 Å². The first-order valence-electron chi connectivity index (χ1n) is 21.3. The van der Waals surface area contributed by atoms with Crippen LogP contribution >= 0.6 is 0 Å². The first-order valence-corrected chi connectivity index (χ1v) is 21.3. The molecule has 0 bridgehead atoms. The van der Waals surface area contributed by atoms with Gasteiger partial charge in [-0.2, -0.15) is 0 Å². The Balaban J connectivity index is 0.885. The van der Waals surface area contributed by atoms with Crippen LogP contribution in [0.25, 0.3) is 56.4 Å². The lowest BCUT2D eigenvalue weighted by Crippen LogP contribution is -2.30. The second-order valence-corrected chi connectivity index (χ2v) is 17.3. The van der Waals surface area contributed by atoms with Crippen molar-refractivity contribution in [3.8, 4) is 67.9 Å². The van der Waals surface area contributed by atoms with Crippen molar-refractivity contribution in [2.24, 2.45) is 0 Å². The van der Waals surface area contributed by atoms with E-state index in [1.165, 1.54) is 33.6 Å². The number of hydrogen-bond donors (Lipinski definition) is 0. The fourth-order valence-corrected chi connectivity index (χ4v) is 9.37. The van der Waals surface area contributed by atoms with E-state index in [0.29, 0.717) is 17.5 Å². The molecule has 0 spiro atoms. The molecular weight excluding hydrogens is 757 g/mol. The average molecular weight is 801 g/mol. The van der Waals surface area contributed by atoms with E-state index in [2.05, 4.69) is 166 Å². The lowest BCUT2D eigenvalue weighted by atomic mass is 9.73. The molecule has 0 saturated heterocycles. The molecule has 0 N–H and O–H groups in total. The molecule has 3 heterocycles. The Labute approximate surface area is 363 Å². The summed E-state index contributed by atoms with van der Waals surface area (Å²) in [6.45, 7) is 9.22. The highest BCUT2D eigenvalue weighted by molar-refractivity contribution is 5.86. The fraction of sp³-hybridized carbons (Fsp3) is 0.105. The summed E-state index contributed by atoms with van der Waals surface area (Å²) in [5.74, 6) is 3.68. The number of aromatic nitrogens is 3. The van der Waals surface area contributed by atoms with Gasteiger partial charge in [-0.1, -0.05) is 185 Å². The van der Waals surface area contributed by atoms with Crippen LogP contribution < -0.4 is 9.64 Å². The third kappa shape index (κ3) is 6.28. The van der Waals surface area contributed by atoms with Crippen molar-refractivity contribution in [3.63, 3.8) is 0 Å². The summed E-state index contributed by atoms with van der Waals surface area (Å²) in [5.41, 5.74) is 15.5. The van der Waals surface area contributed by atoms with E-state index in [4.69, 9.17) is 19.7 Å². The molecule has 0 amide bonds. The second kappa shape index (κ2) is 14.5. The van der Waals surface area contributed by atoms with Crippen LogP contribution in [-0.2, 0) is 10.8 Å². The number of benzene rings is 8. The van der Waals surface area contributed by atoms with Crippen LogP contribution in [0, 0.1) is 0 Å². The maximum absolute atomic E-state index is 6.82. The summed E-state index contributed by atoms with van der Waals surface area (Å²) in [7, 11) is 0. The quantitative estimate of drug-likeness (QED) is 0.168. The topological polar surface area (TPSA) is 51.1 Å². The standard InChI is InChI=1S/C57H44N4O/c1-56(2)45-19-11-13-21-49(45)61(50-22-14-12-20-46(50)56)44-31-27-38(28-32-44)43-30-34-48-52(36-43)62-51-35-42(29-33-47(51)57(48,3)4)37-23-25-41(26-24-37)55-59-53(39-15-7-5-8-16-39)58-54(60-55)40-17-9-6-10-18-40/h5-36H,1-4H3. The predicted octanol–water partition coefficient (Wildman–Crippen LogP) is 14.7. The Kier molecular flexibility index (Phi) is 8.76. The number of anilines is 3. The minimum Gasteiger partial charge on any atom is -0.457 e. The van der Waals surface area contributed by atoms with Crippen LogP contribution in [0.5, 0.6) is 11.5 Å². The van der Waals surface area contributed by atoms with E-state index in [-0.39, 0.29) is 10.8 Å². The molecule has 2 aliphatic rings. The molecule has 5 heteroatoms. The number of ether oxygens (including phenoxy) is 1. The van der Waals surface area contributed by atoms with Gasteiger partial charge in [0.2, 0.25) is 0 Å². The fourth-order valence-electron chi connectivity index (χ4n) is 9.37. The lowest BCUT2D eigenvalue weighted by Gasteiger charge is -2.42. The van der Waals surface area contributed by atoms with E-state index in [1.54, 1.807) is 0 Å². The summed E-state index contributed by atoms with van der Waals surface area (Å²) < 4.78 is 6.82. The van der Waals surface area contributed by atoms with Crippen molar-refractivity contribution in [3.05, 3.63) is 216 Å². The molecule has 0 unspecified atom stereocenters. The van der Waals surface area contributed by atoms with Crippen LogP contribution in [0.15, 0.2) is 194 Å². The molecular formula is C57H44N4O. The minimum absolute atomic E-state index is 0.0953. The second-order valence-electron chi connectivity index (χ2n) is 17.3. The van der Waals surface area contributed by atoms with Gasteiger partial charge in [-0.3, -0.25) is 0 Å². The van der Waals surface area contributed by atoms with Gasteiger partial charge in [-0.25, -0.2) is 15.0 Å². The molecule has 8 aromatic carbocycles. The molecule has 1 aromatic heterocycles. The van der Waals surface area contributed by atoms with E-state index in [1.807, 2.05) is 60.7 Å². The van der Waals surface area contributed by atoms with Gasteiger partial charge < -0.3 is 9.64 Å². The average Bonchev–Trinajstić information content (AvgIpc) is 3.32. The van der Waals surface area contributed by atoms with E-state index in [0.717, 1.165) is 56.1 Å². The molecule has 0 atom stereocenters. The zero-order chi connectivity index (χ0) is 42.0.